The lowest BCUT2D eigenvalue weighted by atomic mass is 9.94. The summed E-state index contributed by atoms with van der Waals surface area (Å²) in [6, 6.07) is 18.4. The van der Waals surface area contributed by atoms with Gasteiger partial charge in [0.15, 0.2) is 0 Å². The highest BCUT2D eigenvalue weighted by atomic mass is 16.5. The molecule has 1 atom stereocenters. The van der Waals surface area contributed by atoms with Gasteiger partial charge in [0, 0.05) is 38.6 Å². The molecule has 1 aliphatic rings. The van der Waals surface area contributed by atoms with Crippen LogP contribution in [0.1, 0.15) is 36.9 Å². The van der Waals surface area contributed by atoms with Crippen LogP contribution in [0.25, 0.3) is 0 Å². The average molecular weight is 341 g/mol. The number of ether oxygens (including phenoxy) is 2. The maximum absolute atomic E-state index is 10.6. The van der Waals surface area contributed by atoms with Crippen molar-refractivity contribution in [1.29, 1.82) is 0 Å². The van der Waals surface area contributed by atoms with Crippen molar-refractivity contribution in [1.82, 2.24) is 5.32 Å². The Bertz CT molecular complexity index is 653. The second-order valence-electron chi connectivity index (χ2n) is 6.79. The molecular formula is C21H27NO3. The molecular weight excluding hydrogens is 314 g/mol. The van der Waals surface area contributed by atoms with Gasteiger partial charge in [-0.2, -0.15) is 0 Å². The molecule has 1 saturated heterocycles. The minimum Gasteiger partial charge on any atom is -0.489 e. The number of hydrogen-bond donors (Lipinski definition) is 2. The van der Waals surface area contributed by atoms with E-state index in [1.54, 1.807) is 0 Å². The van der Waals surface area contributed by atoms with Crippen LogP contribution in [-0.2, 0) is 11.3 Å². The van der Waals surface area contributed by atoms with E-state index in [4.69, 9.17) is 9.47 Å². The molecule has 4 nitrogen and oxygen atoms in total. The highest BCUT2D eigenvalue weighted by molar-refractivity contribution is 5.30. The summed E-state index contributed by atoms with van der Waals surface area (Å²) in [4.78, 5) is 0. The van der Waals surface area contributed by atoms with E-state index in [0.717, 1.165) is 16.9 Å². The lowest BCUT2D eigenvalue weighted by Crippen LogP contribution is -2.45. The maximum atomic E-state index is 10.6. The lowest BCUT2D eigenvalue weighted by molar-refractivity contribution is -0.0626. The van der Waals surface area contributed by atoms with Crippen LogP contribution in [0.15, 0.2) is 54.6 Å². The second-order valence-corrected chi connectivity index (χ2v) is 6.79. The Morgan fingerprint density at radius 3 is 2.64 bits per heavy atom. The fourth-order valence-corrected chi connectivity index (χ4v) is 3.00. The van der Waals surface area contributed by atoms with Gasteiger partial charge >= 0.3 is 0 Å². The van der Waals surface area contributed by atoms with Crippen molar-refractivity contribution in [2.45, 2.75) is 38.0 Å². The van der Waals surface area contributed by atoms with Crippen molar-refractivity contribution >= 4 is 0 Å². The Morgan fingerprint density at radius 2 is 1.88 bits per heavy atom. The second kappa shape index (κ2) is 8.48. The summed E-state index contributed by atoms with van der Waals surface area (Å²) in [7, 11) is 0. The Labute approximate surface area is 149 Å². The first-order chi connectivity index (χ1) is 12.1. The standard InChI is InChI=1S/C21H27NO3/c1-17(22-16-21(23)10-12-24-13-11-21)19-8-5-9-20(14-19)25-15-18-6-3-2-4-7-18/h2-9,14,17,22-23H,10-13,15-16H2,1H3. The summed E-state index contributed by atoms with van der Waals surface area (Å²) in [5.41, 5.74) is 1.65. The molecule has 2 aromatic rings. The van der Waals surface area contributed by atoms with Crippen LogP contribution in [0.4, 0.5) is 0 Å². The van der Waals surface area contributed by atoms with Crippen LogP contribution in [-0.4, -0.2) is 30.5 Å². The number of nitrogens with one attached hydrogen (secondary N) is 1. The van der Waals surface area contributed by atoms with Crippen molar-refractivity contribution in [2.24, 2.45) is 0 Å². The van der Waals surface area contributed by atoms with Crippen molar-refractivity contribution < 1.29 is 14.6 Å². The molecule has 4 heteroatoms. The minimum absolute atomic E-state index is 0.146. The molecule has 134 valence electrons. The maximum Gasteiger partial charge on any atom is 0.120 e. The molecule has 25 heavy (non-hydrogen) atoms. The van der Waals surface area contributed by atoms with Gasteiger partial charge < -0.3 is 19.9 Å². The Morgan fingerprint density at radius 1 is 1.12 bits per heavy atom. The first kappa shape index (κ1) is 17.9. The zero-order chi connectivity index (χ0) is 17.5. The van der Waals surface area contributed by atoms with E-state index in [1.807, 2.05) is 30.3 Å². The zero-order valence-electron chi connectivity index (χ0n) is 14.8. The Balaban J connectivity index is 1.54. The van der Waals surface area contributed by atoms with Crippen LogP contribution < -0.4 is 10.1 Å². The molecule has 2 aromatic carbocycles. The van der Waals surface area contributed by atoms with Gasteiger partial charge in [-0.25, -0.2) is 0 Å². The summed E-state index contributed by atoms with van der Waals surface area (Å²) in [5, 5.41) is 14.0. The molecule has 1 aliphatic heterocycles. The Kier molecular flexibility index (Phi) is 6.08. The molecule has 1 fully saturated rings. The zero-order valence-corrected chi connectivity index (χ0v) is 14.8. The summed E-state index contributed by atoms with van der Waals surface area (Å²) >= 11 is 0. The van der Waals surface area contributed by atoms with Crippen LogP contribution in [0.3, 0.4) is 0 Å². The predicted molar refractivity (Wildman–Crippen MR) is 98.6 cm³/mol. The van der Waals surface area contributed by atoms with E-state index in [2.05, 4.69) is 36.5 Å². The van der Waals surface area contributed by atoms with Crippen LogP contribution >= 0.6 is 0 Å². The lowest BCUT2D eigenvalue weighted by Gasteiger charge is -2.33. The highest BCUT2D eigenvalue weighted by Gasteiger charge is 2.29. The normalized spacial score (nSPS) is 17.8. The van der Waals surface area contributed by atoms with Crippen molar-refractivity contribution in [3.05, 3.63) is 65.7 Å². The largest absolute Gasteiger partial charge is 0.489 e. The van der Waals surface area contributed by atoms with Gasteiger partial charge in [-0.3, -0.25) is 0 Å². The quantitative estimate of drug-likeness (QED) is 0.810. The third-order valence-electron chi connectivity index (χ3n) is 4.77. The summed E-state index contributed by atoms with van der Waals surface area (Å²) in [6.07, 6.45) is 1.37. The van der Waals surface area contributed by atoms with Gasteiger partial charge in [0.1, 0.15) is 12.4 Å². The predicted octanol–water partition coefficient (Wildman–Crippen LogP) is 3.46. The molecule has 1 unspecified atom stereocenters. The van der Waals surface area contributed by atoms with Crippen LogP contribution in [0, 0.1) is 0 Å². The summed E-state index contributed by atoms with van der Waals surface area (Å²) in [6.45, 7) is 4.52. The van der Waals surface area contributed by atoms with Gasteiger partial charge in [-0.1, -0.05) is 42.5 Å². The monoisotopic (exact) mass is 341 g/mol. The molecule has 0 amide bonds. The topological polar surface area (TPSA) is 50.7 Å². The van der Waals surface area contributed by atoms with Gasteiger partial charge in [-0.05, 0) is 30.2 Å². The van der Waals surface area contributed by atoms with E-state index in [0.29, 0.717) is 39.2 Å². The van der Waals surface area contributed by atoms with Crippen LogP contribution in [0.2, 0.25) is 0 Å². The fourth-order valence-electron chi connectivity index (χ4n) is 3.00. The third-order valence-corrected chi connectivity index (χ3v) is 4.77. The van der Waals surface area contributed by atoms with Gasteiger partial charge in [0.25, 0.3) is 0 Å². The molecule has 0 radical (unpaired) electrons. The fraction of sp³-hybridized carbons (Fsp3) is 0.429. The van der Waals surface area contributed by atoms with Gasteiger partial charge in [0.05, 0.1) is 5.60 Å². The molecule has 0 bridgehead atoms. The van der Waals surface area contributed by atoms with E-state index in [9.17, 15) is 5.11 Å². The van der Waals surface area contributed by atoms with E-state index < -0.39 is 5.60 Å². The minimum atomic E-state index is -0.659. The van der Waals surface area contributed by atoms with E-state index in [1.165, 1.54) is 0 Å². The van der Waals surface area contributed by atoms with Gasteiger partial charge in [0.2, 0.25) is 0 Å². The smallest absolute Gasteiger partial charge is 0.120 e. The van der Waals surface area contributed by atoms with E-state index >= 15 is 0 Å². The van der Waals surface area contributed by atoms with Crippen LogP contribution in [0.5, 0.6) is 5.75 Å². The number of benzene rings is 2. The number of hydrogen-bond acceptors (Lipinski definition) is 4. The highest BCUT2D eigenvalue weighted by Crippen LogP contribution is 2.23. The molecule has 2 N–H and O–H groups in total. The Hall–Kier alpha value is -1.88. The first-order valence-electron chi connectivity index (χ1n) is 8.95. The SMILES string of the molecule is CC(NCC1(O)CCOCC1)c1cccc(OCc2ccccc2)c1. The van der Waals surface area contributed by atoms with Crippen molar-refractivity contribution in [3.63, 3.8) is 0 Å². The molecule has 0 aromatic heterocycles. The van der Waals surface area contributed by atoms with E-state index in [-0.39, 0.29) is 6.04 Å². The third kappa shape index (κ3) is 5.30. The first-order valence-corrected chi connectivity index (χ1v) is 8.95. The number of rotatable bonds is 7. The van der Waals surface area contributed by atoms with Gasteiger partial charge in [-0.15, -0.1) is 0 Å². The summed E-state index contributed by atoms with van der Waals surface area (Å²) < 4.78 is 11.2. The number of aliphatic hydroxyl groups is 1. The molecule has 0 aliphatic carbocycles. The molecule has 0 spiro atoms. The summed E-state index contributed by atoms with van der Waals surface area (Å²) in [5.74, 6) is 0.861. The average Bonchev–Trinajstić information content (AvgIpc) is 2.66. The molecule has 3 rings (SSSR count). The van der Waals surface area contributed by atoms with Crippen molar-refractivity contribution in [3.8, 4) is 5.75 Å². The van der Waals surface area contributed by atoms with Crippen molar-refractivity contribution in [2.75, 3.05) is 19.8 Å². The molecule has 1 heterocycles. The molecule has 0 saturated carbocycles.